The molecule has 0 saturated heterocycles. The first-order valence-corrected chi connectivity index (χ1v) is 7.03. The van der Waals surface area contributed by atoms with E-state index in [2.05, 4.69) is 50.4 Å². The second kappa shape index (κ2) is 5.22. The molecule has 3 rings (SSSR count). The third-order valence-electron chi connectivity index (χ3n) is 2.97. The van der Waals surface area contributed by atoms with Crippen LogP contribution in [-0.2, 0) is 6.54 Å². The zero-order chi connectivity index (χ0) is 14.1. The third kappa shape index (κ3) is 2.52. The lowest BCUT2D eigenvalue weighted by Gasteiger charge is -2.08. The summed E-state index contributed by atoms with van der Waals surface area (Å²) in [5.41, 5.74) is 9.38. The van der Waals surface area contributed by atoms with Gasteiger partial charge >= 0.3 is 0 Å². The van der Waals surface area contributed by atoms with Gasteiger partial charge in [0.1, 0.15) is 0 Å². The number of aryl methyl sites for hydroxylation is 1. The fraction of sp³-hybridized carbons (Fsp3) is 0.143. The van der Waals surface area contributed by atoms with Gasteiger partial charge in [-0.15, -0.1) is 5.10 Å². The Labute approximate surface area is 125 Å². The van der Waals surface area contributed by atoms with E-state index in [4.69, 9.17) is 5.73 Å². The van der Waals surface area contributed by atoms with Gasteiger partial charge in [-0.05, 0) is 52.7 Å². The number of aromatic nitrogens is 3. The molecule has 0 amide bonds. The molecule has 0 spiro atoms. The number of nitrogens with zero attached hydrogens (tertiary/aromatic N) is 3. The van der Waals surface area contributed by atoms with Gasteiger partial charge < -0.3 is 11.1 Å². The monoisotopic (exact) mass is 331 g/mol. The second-order valence-electron chi connectivity index (χ2n) is 4.57. The molecule has 0 aliphatic heterocycles. The highest BCUT2D eigenvalue weighted by Gasteiger charge is 2.05. The predicted octanol–water partition coefficient (Wildman–Crippen LogP) is 3.00. The van der Waals surface area contributed by atoms with E-state index in [1.54, 1.807) is 4.52 Å². The van der Waals surface area contributed by atoms with Crippen LogP contribution < -0.4 is 11.1 Å². The Morgan fingerprint density at radius 3 is 2.90 bits per heavy atom. The molecule has 0 saturated carbocycles. The van der Waals surface area contributed by atoms with E-state index in [-0.39, 0.29) is 0 Å². The van der Waals surface area contributed by atoms with Crippen molar-refractivity contribution in [2.24, 2.45) is 5.73 Å². The molecular formula is C14H14BrN5. The minimum absolute atomic E-state index is 0.412. The van der Waals surface area contributed by atoms with Gasteiger partial charge in [0.25, 0.3) is 0 Å². The van der Waals surface area contributed by atoms with Crippen molar-refractivity contribution in [3.63, 3.8) is 0 Å². The molecule has 0 unspecified atom stereocenters. The maximum absolute atomic E-state index is 5.58. The number of nitrogens with one attached hydrogen (secondary N) is 1. The summed E-state index contributed by atoms with van der Waals surface area (Å²) in [6, 6.07) is 9.94. The zero-order valence-electron chi connectivity index (χ0n) is 11.0. The molecule has 3 aromatic rings. The van der Waals surface area contributed by atoms with Crippen molar-refractivity contribution in [1.82, 2.24) is 14.6 Å². The van der Waals surface area contributed by atoms with E-state index in [0.717, 1.165) is 27.3 Å². The van der Waals surface area contributed by atoms with Crippen molar-refractivity contribution < 1.29 is 0 Å². The molecule has 2 heterocycles. The maximum atomic E-state index is 5.58. The molecule has 0 aliphatic carbocycles. The number of anilines is 2. The first-order chi connectivity index (χ1) is 9.65. The SMILES string of the molecule is Cc1ccc(Nc2ccc3nc(CN)cn3n2)c(Br)c1. The molecular weight excluding hydrogens is 318 g/mol. The van der Waals surface area contributed by atoms with Crippen LogP contribution in [0.1, 0.15) is 11.3 Å². The van der Waals surface area contributed by atoms with Gasteiger partial charge in [-0.3, -0.25) is 0 Å². The van der Waals surface area contributed by atoms with Crippen molar-refractivity contribution >= 4 is 33.1 Å². The fourth-order valence-electron chi connectivity index (χ4n) is 1.96. The van der Waals surface area contributed by atoms with Crippen LogP contribution in [0.15, 0.2) is 41.0 Å². The van der Waals surface area contributed by atoms with E-state index in [0.29, 0.717) is 6.54 Å². The predicted molar refractivity (Wildman–Crippen MR) is 83.0 cm³/mol. The maximum Gasteiger partial charge on any atom is 0.153 e. The number of hydrogen-bond donors (Lipinski definition) is 2. The number of fused-ring (bicyclic) bond motifs is 1. The first kappa shape index (κ1) is 13.1. The highest BCUT2D eigenvalue weighted by Crippen LogP contribution is 2.26. The van der Waals surface area contributed by atoms with Crippen molar-refractivity contribution in [1.29, 1.82) is 0 Å². The van der Waals surface area contributed by atoms with Crippen molar-refractivity contribution in [2.45, 2.75) is 13.5 Å². The molecule has 102 valence electrons. The fourth-order valence-corrected chi connectivity index (χ4v) is 2.55. The number of imidazole rings is 1. The quantitative estimate of drug-likeness (QED) is 0.774. The van der Waals surface area contributed by atoms with Gasteiger partial charge in [-0.2, -0.15) is 0 Å². The summed E-state index contributed by atoms with van der Waals surface area (Å²) in [6.45, 7) is 2.47. The molecule has 0 atom stereocenters. The van der Waals surface area contributed by atoms with E-state index >= 15 is 0 Å². The van der Waals surface area contributed by atoms with E-state index in [9.17, 15) is 0 Å². The Morgan fingerprint density at radius 2 is 2.15 bits per heavy atom. The van der Waals surface area contributed by atoms with Crippen molar-refractivity contribution in [3.8, 4) is 0 Å². The number of rotatable bonds is 3. The molecule has 0 fully saturated rings. The number of nitrogens with two attached hydrogens (primary N) is 1. The highest BCUT2D eigenvalue weighted by molar-refractivity contribution is 9.10. The van der Waals surface area contributed by atoms with Crippen LogP contribution in [0, 0.1) is 6.92 Å². The average Bonchev–Trinajstić information content (AvgIpc) is 2.84. The normalized spacial score (nSPS) is 10.9. The third-order valence-corrected chi connectivity index (χ3v) is 3.62. The summed E-state index contributed by atoms with van der Waals surface area (Å²) in [5, 5.41) is 7.75. The zero-order valence-corrected chi connectivity index (χ0v) is 12.6. The van der Waals surface area contributed by atoms with Crippen LogP contribution in [0.2, 0.25) is 0 Å². The lowest BCUT2D eigenvalue weighted by atomic mass is 10.2. The van der Waals surface area contributed by atoms with E-state index in [1.165, 1.54) is 5.56 Å². The highest BCUT2D eigenvalue weighted by atomic mass is 79.9. The van der Waals surface area contributed by atoms with Crippen LogP contribution >= 0.6 is 15.9 Å². The molecule has 3 N–H and O–H groups in total. The minimum Gasteiger partial charge on any atom is -0.338 e. The summed E-state index contributed by atoms with van der Waals surface area (Å²) in [5.74, 6) is 0.753. The lowest BCUT2D eigenvalue weighted by molar-refractivity contribution is 0.934. The van der Waals surface area contributed by atoms with Gasteiger partial charge in [0.2, 0.25) is 0 Å². The van der Waals surface area contributed by atoms with Crippen LogP contribution in [0.25, 0.3) is 5.65 Å². The first-order valence-electron chi connectivity index (χ1n) is 6.24. The number of benzene rings is 1. The van der Waals surface area contributed by atoms with Crippen molar-refractivity contribution in [2.75, 3.05) is 5.32 Å². The largest absolute Gasteiger partial charge is 0.338 e. The van der Waals surface area contributed by atoms with Gasteiger partial charge in [0.15, 0.2) is 11.5 Å². The molecule has 20 heavy (non-hydrogen) atoms. The Balaban J connectivity index is 1.93. The second-order valence-corrected chi connectivity index (χ2v) is 5.42. The van der Waals surface area contributed by atoms with Crippen LogP contribution in [0.3, 0.4) is 0 Å². The minimum atomic E-state index is 0.412. The van der Waals surface area contributed by atoms with E-state index < -0.39 is 0 Å². The van der Waals surface area contributed by atoms with Crippen molar-refractivity contribution in [3.05, 3.63) is 52.3 Å². The molecule has 0 radical (unpaired) electrons. The Hall–Kier alpha value is -1.92. The summed E-state index contributed by atoms with van der Waals surface area (Å²) < 4.78 is 2.74. The van der Waals surface area contributed by atoms with Crippen LogP contribution in [0.5, 0.6) is 0 Å². The number of halogens is 1. The summed E-state index contributed by atoms with van der Waals surface area (Å²) in [6.07, 6.45) is 1.84. The Morgan fingerprint density at radius 1 is 1.30 bits per heavy atom. The standard InChI is InChI=1S/C14H14BrN5/c1-9-2-3-12(11(15)6-9)18-13-4-5-14-17-10(7-16)8-20(14)19-13/h2-6,8H,7,16H2,1H3,(H,18,19). The Kier molecular flexibility index (Phi) is 3.42. The van der Waals surface area contributed by atoms with Gasteiger partial charge in [-0.1, -0.05) is 6.07 Å². The van der Waals surface area contributed by atoms with Gasteiger partial charge in [0, 0.05) is 11.0 Å². The number of hydrogen-bond acceptors (Lipinski definition) is 4. The van der Waals surface area contributed by atoms with Gasteiger partial charge in [0.05, 0.1) is 17.6 Å². The topological polar surface area (TPSA) is 68.2 Å². The Bertz CT molecular complexity index is 765. The molecule has 0 bridgehead atoms. The summed E-state index contributed by atoms with van der Waals surface area (Å²) in [7, 11) is 0. The molecule has 2 aromatic heterocycles. The van der Waals surface area contributed by atoms with E-state index in [1.807, 2.05) is 24.4 Å². The van der Waals surface area contributed by atoms with Crippen LogP contribution in [0.4, 0.5) is 11.5 Å². The van der Waals surface area contributed by atoms with Gasteiger partial charge in [-0.25, -0.2) is 9.50 Å². The van der Waals surface area contributed by atoms with Crippen LogP contribution in [-0.4, -0.2) is 14.6 Å². The smallest absolute Gasteiger partial charge is 0.153 e. The molecule has 0 aliphatic rings. The summed E-state index contributed by atoms with van der Waals surface area (Å²) in [4.78, 5) is 4.35. The lowest BCUT2D eigenvalue weighted by Crippen LogP contribution is -1.99. The molecule has 6 heteroatoms. The molecule has 5 nitrogen and oxygen atoms in total. The summed E-state index contributed by atoms with van der Waals surface area (Å²) >= 11 is 3.54. The molecule has 1 aromatic carbocycles. The average molecular weight is 332 g/mol.